The van der Waals surface area contributed by atoms with E-state index in [0.717, 1.165) is 10.0 Å². The van der Waals surface area contributed by atoms with Crippen LogP contribution in [0.5, 0.6) is 0 Å². The van der Waals surface area contributed by atoms with Gasteiger partial charge in [0, 0.05) is 16.5 Å². The van der Waals surface area contributed by atoms with Crippen LogP contribution >= 0.6 is 15.9 Å². The smallest absolute Gasteiger partial charge is 0.168 e. The van der Waals surface area contributed by atoms with Gasteiger partial charge in [-0.2, -0.15) is 0 Å². The van der Waals surface area contributed by atoms with Crippen molar-refractivity contribution in [2.45, 2.75) is 13.3 Å². The van der Waals surface area contributed by atoms with Gasteiger partial charge in [0.05, 0.1) is 0 Å². The molecular formula is C15H12BrFO. The zero-order valence-corrected chi connectivity index (χ0v) is 11.5. The third kappa shape index (κ3) is 3.05. The Hall–Kier alpha value is -1.48. The minimum Gasteiger partial charge on any atom is -0.294 e. The molecule has 0 heterocycles. The first-order valence-electron chi connectivity index (χ1n) is 5.60. The molecule has 0 aliphatic heterocycles. The number of hydrogen-bond donors (Lipinski definition) is 0. The van der Waals surface area contributed by atoms with E-state index in [4.69, 9.17) is 0 Å². The first-order chi connectivity index (χ1) is 8.56. The van der Waals surface area contributed by atoms with Crippen LogP contribution in [0.1, 0.15) is 21.5 Å². The highest BCUT2D eigenvalue weighted by atomic mass is 79.9. The van der Waals surface area contributed by atoms with Crippen molar-refractivity contribution < 1.29 is 9.18 Å². The van der Waals surface area contributed by atoms with Gasteiger partial charge in [0.15, 0.2) is 5.78 Å². The first-order valence-corrected chi connectivity index (χ1v) is 6.39. The van der Waals surface area contributed by atoms with E-state index in [1.54, 1.807) is 18.2 Å². The lowest BCUT2D eigenvalue weighted by Crippen LogP contribution is -2.04. The summed E-state index contributed by atoms with van der Waals surface area (Å²) in [6.07, 6.45) is 0.208. The Balaban J connectivity index is 2.22. The number of rotatable bonds is 3. The van der Waals surface area contributed by atoms with Crippen LogP contribution in [0.15, 0.2) is 46.9 Å². The van der Waals surface area contributed by atoms with E-state index in [1.807, 2.05) is 19.1 Å². The number of aryl methyl sites for hydroxylation is 1. The molecule has 92 valence electrons. The molecule has 2 aromatic rings. The molecule has 2 aromatic carbocycles. The molecule has 0 radical (unpaired) electrons. The van der Waals surface area contributed by atoms with E-state index in [-0.39, 0.29) is 18.0 Å². The van der Waals surface area contributed by atoms with Crippen molar-refractivity contribution in [3.8, 4) is 0 Å². The summed E-state index contributed by atoms with van der Waals surface area (Å²) in [7, 11) is 0. The molecule has 3 heteroatoms. The van der Waals surface area contributed by atoms with Crippen molar-refractivity contribution in [1.29, 1.82) is 0 Å². The molecule has 0 saturated heterocycles. The molecule has 0 saturated carbocycles. The molecule has 0 bridgehead atoms. The van der Waals surface area contributed by atoms with E-state index in [9.17, 15) is 9.18 Å². The van der Waals surface area contributed by atoms with E-state index < -0.39 is 0 Å². The molecule has 0 aliphatic carbocycles. The van der Waals surface area contributed by atoms with Gasteiger partial charge in [-0.15, -0.1) is 0 Å². The van der Waals surface area contributed by atoms with Crippen LogP contribution in [-0.2, 0) is 6.42 Å². The molecule has 2 rings (SSSR count). The lowest BCUT2D eigenvalue weighted by molar-refractivity contribution is 0.0992. The van der Waals surface area contributed by atoms with E-state index in [2.05, 4.69) is 15.9 Å². The topological polar surface area (TPSA) is 17.1 Å². The Morgan fingerprint density at radius 1 is 1.22 bits per heavy atom. The molecule has 0 N–H and O–H groups in total. The molecule has 18 heavy (non-hydrogen) atoms. The maximum atomic E-state index is 13.0. The average molecular weight is 307 g/mol. The number of benzene rings is 2. The largest absolute Gasteiger partial charge is 0.294 e. The predicted molar refractivity (Wildman–Crippen MR) is 73.3 cm³/mol. The van der Waals surface area contributed by atoms with Gasteiger partial charge in [-0.25, -0.2) is 4.39 Å². The summed E-state index contributed by atoms with van der Waals surface area (Å²) < 4.78 is 13.8. The van der Waals surface area contributed by atoms with Crippen LogP contribution in [0.25, 0.3) is 0 Å². The van der Waals surface area contributed by atoms with Crippen molar-refractivity contribution in [2.75, 3.05) is 0 Å². The fourth-order valence-corrected chi connectivity index (χ4v) is 2.49. The maximum absolute atomic E-state index is 13.0. The number of halogens is 2. The SMILES string of the molecule is Cc1ccc(C(=O)Cc2cccc(F)c2)c(Br)c1. The summed E-state index contributed by atoms with van der Waals surface area (Å²) in [4.78, 5) is 12.1. The highest BCUT2D eigenvalue weighted by Crippen LogP contribution is 2.20. The van der Waals surface area contributed by atoms with Crippen LogP contribution < -0.4 is 0 Å². The quantitative estimate of drug-likeness (QED) is 0.772. The fraction of sp³-hybridized carbons (Fsp3) is 0.133. The van der Waals surface area contributed by atoms with Gasteiger partial charge in [-0.1, -0.05) is 34.1 Å². The average Bonchev–Trinajstić information content (AvgIpc) is 2.28. The van der Waals surface area contributed by atoms with Crippen molar-refractivity contribution in [3.05, 3.63) is 69.4 Å². The lowest BCUT2D eigenvalue weighted by atomic mass is 10.0. The van der Waals surface area contributed by atoms with Gasteiger partial charge in [-0.05, 0) is 42.3 Å². The second kappa shape index (κ2) is 5.44. The van der Waals surface area contributed by atoms with Gasteiger partial charge >= 0.3 is 0 Å². The van der Waals surface area contributed by atoms with Crippen LogP contribution in [-0.4, -0.2) is 5.78 Å². The lowest BCUT2D eigenvalue weighted by Gasteiger charge is -2.05. The fourth-order valence-electron chi connectivity index (χ4n) is 1.77. The number of carbonyl (C=O) groups excluding carboxylic acids is 1. The summed E-state index contributed by atoms with van der Waals surface area (Å²) in [5.41, 5.74) is 2.40. The third-order valence-corrected chi connectivity index (χ3v) is 3.33. The zero-order chi connectivity index (χ0) is 13.1. The zero-order valence-electron chi connectivity index (χ0n) is 9.91. The Kier molecular flexibility index (Phi) is 3.92. The highest BCUT2D eigenvalue weighted by molar-refractivity contribution is 9.10. The number of hydrogen-bond acceptors (Lipinski definition) is 1. The van der Waals surface area contributed by atoms with Gasteiger partial charge in [-0.3, -0.25) is 4.79 Å². The standard InChI is InChI=1S/C15H12BrFO/c1-10-5-6-13(14(16)7-10)15(18)9-11-3-2-4-12(17)8-11/h2-8H,9H2,1H3. The predicted octanol–water partition coefficient (Wildman–Crippen LogP) is 4.32. The first kappa shape index (κ1) is 13.0. The van der Waals surface area contributed by atoms with Crippen LogP contribution in [0, 0.1) is 12.7 Å². The molecule has 0 aliphatic rings. The maximum Gasteiger partial charge on any atom is 0.168 e. The second-order valence-electron chi connectivity index (χ2n) is 4.21. The third-order valence-electron chi connectivity index (χ3n) is 2.68. The van der Waals surface area contributed by atoms with Gasteiger partial charge < -0.3 is 0 Å². The molecule has 0 spiro atoms. The van der Waals surface area contributed by atoms with Gasteiger partial charge in [0.25, 0.3) is 0 Å². The van der Waals surface area contributed by atoms with Crippen LogP contribution in [0.2, 0.25) is 0 Å². The molecule has 0 unspecified atom stereocenters. The minimum atomic E-state index is -0.316. The number of Topliss-reactive ketones (excluding diaryl/α,β-unsaturated/α-hetero) is 1. The number of carbonyl (C=O) groups is 1. The Labute approximate surface area is 114 Å². The van der Waals surface area contributed by atoms with E-state index in [1.165, 1.54) is 12.1 Å². The minimum absolute atomic E-state index is 0.0209. The Morgan fingerprint density at radius 3 is 2.67 bits per heavy atom. The normalized spacial score (nSPS) is 10.4. The highest BCUT2D eigenvalue weighted by Gasteiger charge is 2.11. The summed E-state index contributed by atoms with van der Waals surface area (Å²) in [6.45, 7) is 1.96. The summed E-state index contributed by atoms with van der Waals surface area (Å²) in [5, 5.41) is 0. The molecule has 1 nitrogen and oxygen atoms in total. The molecule has 0 atom stereocenters. The van der Waals surface area contributed by atoms with Crippen molar-refractivity contribution >= 4 is 21.7 Å². The Morgan fingerprint density at radius 2 is 2.00 bits per heavy atom. The van der Waals surface area contributed by atoms with Crippen LogP contribution in [0.3, 0.4) is 0 Å². The van der Waals surface area contributed by atoms with E-state index in [0.29, 0.717) is 11.1 Å². The van der Waals surface area contributed by atoms with Crippen LogP contribution in [0.4, 0.5) is 4.39 Å². The summed E-state index contributed by atoms with van der Waals surface area (Å²) in [5.74, 6) is -0.337. The number of ketones is 1. The molecule has 0 aromatic heterocycles. The monoisotopic (exact) mass is 306 g/mol. The molecule has 0 fully saturated rings. The Bertz CT molecular complexity index is 593. The summed E-state index contributed by atoms with van der Waals surface area (Å²) in [6, 6.07) is 11.7. The molecule has 0 amide bonds. The van der Waals surface area contributed by atoms with Gasteiger partial charge in [0.2, 0.25) is 0 Å². The van der Waals surface area contributed by atoms with Crippen molar-refractivity contribution in [3.63, 3.8) is 0 Å². The van der Waals surface area contributed by atoms with Gasteiger partial charge in [0.1, 0.15) is 5.82 Å². The van der Waals surface area contributed by atoms with Crippen molar-refractivity contribution in [2.24, 2.45) is 0 Å². The van der Waals surface area contributed by atoms with E-state index >= 15 is 0 Å². The summed E-state index contributed by atoms with van der Waals surface area (Å²) >= 11 is 3.38. The van der Waals surface area contributed by atoms with Crippen molar-refractivity contribution in [1.82, 2.24) is 0 Å². The molecular weight excluding hydrogens is 295 g/mol. The second-order valence-corrected chi connectivity index (χ2v) is 5.07.